The molecule has 1 unspecified atom stereocenters. The first-order valence-corrected chi connectivity index (χ1v) is 11.9. The minimum atomic E-state index is -1.37. The van der Waals surface area contributed by atoms with Crippen LogP contribution in [0.2, 0.25) is 18.1 Å². The van der Waals surface area contributed by atoms with Gasteiger partial charge < -0.3 is 4.43 Å². The quantitative estimate of drug-likeness (QED) is 0.323. The first kappa shape index (κ1) is 18.2. The van der Waals surface area contributed by atoms with Crippen molar-refractivity contribution < 1.29 is 4.43 Å². The van der Waals surface area contributed by atoms with Gasteiger partial charge in [0.05, 0.1) is 5.60 Å². The molecule has 120 valence electrons. The van der Waals surface area contributed by atoms with Crippen molar-refractivity contribution in [3.63, 3.8) is 0 Å². The van der Waals surface area contributed by atoms with Gasteiger partial charge in [0.1, 0.15) is 0 Å². The van der Waals surface area contributed by atoms with Crippen molar-refractivity contribution in [1.82, 2.24) is 0 Å². The molecule has 0 N–H and O–H groups in total. The van der Waals surface area contributed by atoms with Gasteiger partial charge in [0, 0.05) is 0 Å². The highest BCUT2D eigenvalue weighted by Gasteiger charge is 2.43. The van der Waals surface area contributed by atoms with Crippen molar-refractivity contribution in [1.29, 1.82) is 0 Å². The molecule has 0 aromatic carbocycles. The third-order valence-electron chi connectivity index (χ3n) is 5.62. The fourth-order valence-corrected chi connectivity index (χ4v) is 7.56. The molecule has 0 amide bonds. The molecule has 1 fully saturated rings. The summed E-state index contributed by atoms with van der Waals surface area (Å²) in [5.41, 5.74) is 0.265. The van der Waals surface area contributed by atoms with Crippen molar-refractivity contribution >= 4 is 8.32 Å². The molecule has 1 atom stereocenters. The van der Waals surface area contributed by atoms with Crippen molar-refractivity contribution in [3.8, 4) is 0 Å². The van der Waals surface area contributed by atoms with Crippen LogP contribution in [0, 0.1) is 0 Å². The van der Waals surface area contributed by atoms with Gasteiger partial charge in [-0.15, -0.1) is 0 Å². The molecule has 0 bridgehead atoms. The highest BCUT2D eigenvalue weighted by molar-refractivity contribution is 6.73. The van der Waals surface area contributed by atoms with Gasteiger partial charge in [-0.25, -0.2) is 0 Å². The Balaban J connectivity index is 2.42. The summed E-state index contributed by atoms with van der Waals surface area (Å²) in [6.07, 6.45) is 13.7. The zero-order valence-electron chi connectivity index (χ0n) is 14.6. The molecule has 0 aromatic rings. The zero-order chi connectivity index (χ0) is 14.9. The lowest BCUT2D eigenvalue weighted by molar-refractivity contribution is 0.0166. The van der Waals surface area contributed by atoms with Crippen LogP contribution in [0.15, 0.2) is 0 Å². The Morgan fingerprint density at radius 3 is 2.15 bits per heavy atom. The third kappa shape index (κ3) is 5.18. The van der Waals surface area contributed by atoms with Crippen LogP contribution in [0.1, 0.15) is 91.9 Å². The predicted molar refractivity (Wildman–Crippen MR) is 92.9 cm³/mol. The van der Waals surface area contributed by atoms with Gasteiger partial charge in [-0.3, -0.25) is 0 Å². The first-order valence-electron chi connectivity index (χ1n) is 9.36. The highest BCUT2D eigenvalue weighted by atomic mass is 28.4. The standard InChI is InChI=1S/C18H38OSi/c1-5-9-10-11-12-13-15-18(6-2)16-14-17-20(7-3,8-4)19-18/h5-17H2,1-4H3. The number of unbranched alkanes of at least 4 members (excludes halogenated alkanes) is 5. The molecule has 0 radical (unpaired) electrons. The molecule has 20 heavy (non-hydrogen) atoms. The fraction of sp³-hybridized carbons (Fsp3) is 1.00. The summed E-state index contributed by atoms with van der Waals surface area (Å²) in [5, 5.41) is 0. The Hall–Kier alpha value is 0.177. The third-order valence-corrected chi connectivity index (χ3v) is 10.3. The minimum absolute atomic E-state index is 0.265. The number of hydrogen-bond acceptors (Lipinski definition) is 1. The second-order valence-corrected chi connectivity index (χ2v) is 11.4. The van der Waals surface area contributed by atoms with Gasteiger partial charge in [0.2, 0.25) is 0 Å². The van der Waals surface area contributed by atoms with Gasteiger partial charge in [-0.05, 0) is 37.4 Å². The molecule has 1 heterocycles. The Labute approximate surface area is 129 Å². The molecule has 1 aliphatic heterocycles. The summed E-state index contributed by atoms with van der Waals surface area (Å²) in [5.74, 6) is 0. The molecule has 1 saturated heterocycles. The first-order chi connectivity index (χ1) is 9.66. The predicted octanol–water partition coefficient (Wildman–Crippen LogP) is 6.68. The van der Waals surface area contributed by atoms with Gasteiger partial charge in [0.25, 0.3) is 0 Å². The van der Waals surface area contributed by atoms with Crippen LogP contribution >= 0.6 is 0 Å². The lowest BCUT2D eigenvalue weighted by Gasteiger charge is -2.47. The van der Waals surface area contributed by atoms with E-state index < -0.39 is 8.32 Å². The summed E-state index contributed by atoms with van der Waals surface area (Å²) in [6, 6.07) is 4.06. The Kier molecular flexibility index (Phi) is 8.43. The summed E-state index contributed by atoms with van der Waals surface area (Å²) in [4.78, 5) is 0. The van der Waals surface area contributed by atoms with Gasteiger partial charge in [0.15, 0.2) is 8.32 Å². The lowest BCUT2D eigenvalue weighted by Crippen LogP contribution is -2.51. The molecular formula is C18H38OSi. The van der Waals surface area contributed by atoms with E-state index in [-0.39, 0.29) is 5.60 Å². The second kappa shape index (κ2) is 9.25. The van der Waals surface area contributed by atoms with E-state index in [1.165, 1.54) is 82.3 Å². The summed E-state index contributed by atoms with van der Waals surface area (Å²) >= 11 is 0. The summed E-state index contributed by atoms with van der Waals surface area (Å²) in [7, 11) is -1.37. The number of hydrogen-bond donors (Lipinski definition) is 0. The van der Waals surface area contributed by atoms with Crippen LogP contribution in [0.25, 0.3) is 0 Å². The molecular weight excluding hydrogens is 260 g/mol. The lowest BCUT2D eigenvalue weighted by atomic mass is 9.88. The van der Waals surface area contributed by atoms with Crippen molar-refractivity contribution in [2.45, 2.75) is 116 Å². The summed E-state index contributed by atoms with van der Waals surface area (Å²) in [6.45, 7) is 9.38. The average molecular weight is 299 g/mol. The molecule has 1 aliphatic rings. The second-order valence-electron chi connectivity index (χ2n) is 6.90. The molecule has 2 heteroatoms. The van der Waals surface area contributed by atoms with Crippen LogP contribution in [-0.4, -0.2) is 13.9 Å². The van der Waals surface area contributed by atoms with Gasteiger partial charge in [-0.1, -0.05) is 72.6 Å². The van der Waals surface area contributed by atoms with Crippen LogP contribution in [0.3, 0.4) is 0 Å². The van der Waals surface area contributed by atoms with E-state index in [4.69, 9.17) is 4.43 Å². The Morgan fingerprint density at radius 1 is 0.900 bits per heavy atom. The average Bonchev–Trinajstić information content (AvgIpc) is 2.51. The molecule has 1 rings (SSSR count). The Bertz CT molecular complexity index is 250. The van der Waals surface area contributed by atoms with E-state index in [2.05, 4.69) is 27.7 Å². The van der Waals surface area contributed by atoms with Crippen molar-refractivity contribution in [3.05, 3.63) is 0 Å². The molecule has 0 aliphatic carbocycles. The van der Waals surface area contributed by atoms with Crippen LogP contribution in [0.5, 0.6) is 0 Å². The molecule has 0 spiro atoms. The van der Waals surface area contributed by atoms with Gasteiger partial charge in [-0.2, -0.15) is 0 Å². The van der Waals surface area contributed by atoms with Crippen LogP contribution in [0.4, 0.5) is 0 Å². The molecule has 0 saturated carbocycles. The largest absolute Gasteiger partial charge is 0.411 e. The van der Waals surface area contributed by atoms with E-state index in [0.29, 0.717) is 0 Å². The van der Waals surface area contributed by atoms with E-state index in [0.717, 1.165) is 0 Å². The maximum atomic E-state index is 6.88. The monoisotopic (exact) mass is 298 g/mol. The van der Waals surface area contributed by atoms with E-state index >= 15 is 0 Å². The zero-order valence-corrected chi connectivity index (χ0v) is 15.6. The smallest absolute Gasteiger partial charge is 0.193 e. The molecule has 1 nitrogen and oxygen atoms in total. The highest BCUT2D eigenvalue weighted by Crippen LogP contribution is 2.42. The summed E-state index contributed by atoms with van der Waals surface area (Å²) < 4.78 is 6.88. The maximum absolute atomic E-state index is 6.88. The number of rotatable bonds is 10. The van der Waals surface area contributed by atoms with E-state index in [9.17, 15) is 0 Å². The van der Waals surface area contributed by atoms with Crippen molar-refractivity contribution in [2.75, 3.05) is 0 Å². The fourth-order valence-electron chi connectivity index (χ4n) is 3.87. The van der Waals surface area contributed by atoms with Crippen LogP contribution in [-0.2, 0) is 4.43 Å². The van der Waals surface area contributed by atoms with Crippen molar-refractivity contribution in [2.24, 2.45) is 0 Å². The van der Waals surface area contributed by atoms with E-state index in [1.807, 2.05) is 0 Å². The van der Waals surface area contributed by atoms with Crippen LogP contribution < -0.4 is 0 Å². The SMILES string of the molecule is CCCCCCCCC1(CC)CCC[Si](CC)(CC)O1. The topological polar surface area (TPSA) is 9.23 Å². The normalized spacial score (nSPS) is 25.8. The van der Waals surface area contributed by atoms with Gasteiger partial charge >= 0.3 is 0 Å². The maximum Gasteiger partial charge on any atom is 0.193 e. The molecule has 0 aromatic heterocycles. The minimum Gasteiger partial charge on any atom is -0.411 e. The van der Waals surface area contributed by atoms with E-state index in [1.54, 1.807) is 0 Å². The Morgan fingerprint density at radius 2 is 1.55 bits per heavy atom.